The lowest BCUT2D eigenvalue weighted by Crippen LogP contribution is -2.24. The van der Waals surface area contributed by atoms with Crippen molar-refractivity contribution < 1.29 is 9.13 Å². The number of anilines is 1. The molecule has 0 N–H and O–H groups in total. The Morgan fingerprint density at radius 1 is 1.50 bits per heavy atom. The van der Waals surface area contributed by atoms with E-state index in [1.165, 1.54) is 18.9 Å². The van der Waals surface area contributed by atoms with Gasteiger partial charge in [0.05, 0.1) is 12.3 Å². The van der Waals surface area contributed by atoms with Crippen molar-refractivity contribution in [3.63, 3.8) is 0 Å². The van der Waals surface area contributed by atoms with Crippen LogP contribution < -0.4 is 4.90 Å². The van der Waals surface area contributed by atoms with Crippen molar-refractivity contribution in [2.24, 2.45) is 5.92 Å². The second-order valence-corrected chi connectivity index (χ2v) is 4.69. The molecule has 0 amide bonds. The van der Waals surface area contributed by atoms with Gasteiger partial charge in [0.25, 0.3) is 0 Å². The van der Waals surface area contributed by atoms with Gasteiger partial charge < -0.3 is 9.64 Å². The van der Waals surface area contributed by atoms with Gasteiger partial charge >= 0.3 is 0 Å². The molecule has 1 aliphatic rings. The molecular formula is C14H17FN2O. The van der Waals surface area contributed by atoms with Crippen molar-refractivity contribution in [1.29, 1.82) is 5.26 Å². The van der Waals surface area contributed by atoms with Gasteiger partial charge in [-0.3, -0.25) is 0 Å². The van der Waals surface area contributed by atoms with Crippen LogP contribution in [0.3, 0.4) is 0 Å². The van der Waals surface area contributed by atoms with Crippen molar-refractivity contribution in [2.75, 3.05) is 31.7 Å². The highest BCUT2D eigenvalue weighted by molar-refractivity contribution is 5.59. The molecule has 0 heterocycles. The van der Waals surface area contributed by atoms with E-state index < -0.39 is 5.82 Å². The van der Waals surface area contributed by atoms with Crippen LogP contribution in [0.15, 0.2) is 18.2 Å². The molecule has 0 atom stereocenters. The van der Waals surface area contributed by atoms with Crippen LogP contribution in [0.25, 0.3) is 0 Å². The van der Waals surface area contributed by atoms with Crippen LogP contribution in [0.4, 0.5) is 10.1 Å². The molecule has 96 valence electrons. The molecule has 0 bridgehead atoms. The van der Waals surface area contributed by atoms with Gasteiger partial charge in [-0.15, -0.1) is 0 Å². The minimum atomic E-state index is -0.472. The second-order valence-electron chi connectivity index (χ2n) is 4.69. The normalized spacial score (nSPS) is 14.3. The van der Waals surface area contributed by atoms with Crippen LogP contribution in [-0.2, 0) is 4.74 Å². The molecular weight excluding hydrogens is 231 g/mol. The average molecular weight is 248 g/mol. The van der Waals surface area contributed by atoms with E-state index in [1.54, 1.807) is 12.1 Å². The highest BCUT2D eigenvalue weighted by Gasteiger charge is 2.21. The summed E-state index contributed by atoms with van der Waals surface area (Å²) in [7, 11) is 1.84. The second kappa shape index (κ2) is 5.83. The Morgan fingerprint density at radius 2 is 2.28 bits per heavy atom. The molecule has 2 rings (SSSR count). The summed E-state index contributed by atoms with van der Waals surface area (Å²) >= 11 is 0. The van der Waals surface area contributed by atoms with Crippen LogP contribution in [0.2, 0.25) is 0 Å². The van der Waals surface area contributed by atoms with E-state index in [4.69, 9.17) is 10.00 Å². The number of hydrogen-bond acceptors (Lipinski definition) is 3. The van der Waals surface area contributed by atoms with Crippen molar-refractivity contribution >= 4 is 5.69 Å². The van der Waals surface area contributed by atoms with E-state index in [0.29, 0.717) is 18.8 Å². The van der Waals surface area contributed by atoms with Crippen molar-refractivity contribution in [3.8, 4) is 6.07 Å². The van der Waals surface area contributed by atoms with Crippen LogP contribution >= 0.6 is 0 Å². The maximum Gasteiger partial charge on any atom is 0.143 e. The smallest absolute Gasteiger partial charge is 0.143 e. The zero-order valence-corrected chi connectivity index (χ0v) is 10.5. The predicted octanol–water partition coefficient (Wildman–Crippen LogP) is 2.56. The van der Waals surface area contributed by atoms with Crippen molar-refractivity contribution in [1.82, 2.24) is 0 Å². The highest BCUT2D eigenvalue weighted by atomic mass is 19.1. The monoisotopic (exact) mass is 248 g/mol. The Kier molecular flexibility index (Phi) is 4.16. The van der Waals surface area contributed by atoms with Crippen LogP contribution in [0, 0.1) is 23.1 Å². The van der Waals surface area contributed by atoms with Gasteiger partial charge in [0.15, 0.2) is 0 Å². The maximum absolute atomic E-state index is 13.4. The topological polar surface area (TPSA) is 36.3 Å². The Morgan fingerprint density at radius 3 is 2.94 bits per heavy atom. The molecule has 1 aromatic rings. The number of hydrogen-bond donors (Lipinski definition) is 0. The number of likely N-dealkylation sites (N-methyl/N-ethyl adjacent to an activating group) is 1. The molecule has 1 saturated carbocycles. The Bertz CT molecular complexity index is 452. The molecule has 0 saturated heterocycles. The lowest BCUT2D eigenvalue weighted by Gasteiger charge is -2.20. The van der Waals surface area contributed by atoms with E-state index in [0.717, 1.165) is 12.5 Å². The standard InChI is InChI=1S/C14H17FN2O/c1-17(7-8-18-10-11-5-6-11)14-4-2-3-13(15)12(14)9-16/h2-4,11H,5-8,10H2,1H3. The van der Waals surface area contributed by atoms with Crippen LogP contribution in [0.5, 0.6) is 0 Å². The first kappa shape index (κ1) is 12.8. The van der Waals surface area contributed by atoms with E-state index in [-0.39, 0.29) is 5.56 Å². The number of benzene rings is 1. The zero-order valence-electron chi connectivity index (χ0n) is 10.5. The molecule has 1 fully saturated rings. The van der Waals surface area contributed by atoms with Gasteiger partial charge in [0, 0.05) is 20.2 Å². The summed E-state index contributed by atoms with van der Waals surface area (Å²) in [6, 6.07) is 6.58. The molecule has 3 nitrogen and oxygen atoms in total. The van der Waals surface area contributed by atoms with Gasteiger partial charge in [0.2, 0.25) is 0 Å². The number of nitrogens with zero attached hydrogens (tertiary/aromatic N) is 2. The molecule has 0 radical (unpaired) electrons. The van der Waals surface area contributed by atoms with E-state index in [1.807, 2.05) is 18.0 Å². The SMILES string of the molecule is CN(CCOCC1CC1)c1cccc(F)c1C#N. The first-order valence-corrected chi connectivity index (χ1v) is 6.20. The fourth-order valence-corrected chi connectivity index (χ4v) is 1.80. The quantitative estimate of drug-likeness (QED) is 0.726. The third-order valence-corrected chi connectivity index (χ3v) is 3.14. The molecule has 0 unspecified atom stereocenters. The van der Waals surface area contributed by atoms with Gasteiger partial charge in [0.1, 0.15) is 17.4 Å². The maximum atomic E-state index is 13.4. The summed E-state index contributed by atoms with van der Waals surface area (Å²) in [6.07, 6.45) is 2.55. The number of halogens is 1. The first-order valence-electron chi connectivity index (χ1n) is 6.20. The first-order chi connectivity index (χ1) is 8.72. The summed E-state index contributed by atoms with van der Waals surface area (Å²) in [5, 5.41) is 8.95. The third kappa shape index (κ3) is 3.21. The molecule has 0 spiro atoms. The van der Waals surface area contributed by atoms with Gasteiger partial charge in [-0.1, -0.05) is 6.07 Å². The highest BCUT2D eigenvalue weighted by Crippen LogP contribution is 2.28. The fourth-order valence-electron chi connectivity index (χ4n) is 1.80. The Labute approximate surface area is 107 Å². The summed E-state index contributed by atoms with van der Waals surface area (Å²) in [6.45, 7) is 2.08. The molecule has 4 heteroatoms. The summed E-state index contributed by atoms with van der Waals surface area (Å²) in [5.41, 5.74) is 0.717. The lowest BCUT2D eigenvalue weighted by molar-refractivity contribution is 0.131. The predicted molar refractivity (Wildman–Crippen MR) is 67.9 cm³/mol. The van der Waals surface area contributed by atoms with Gasteiger partial charge in [-0.05, 0) is 30.9 Å². The van der Waals surface area contributed by atoms with Crippen molar-refractivity contribution in [2.45, 2.75) is 12.8 Å². The number of ether oxygens (including phenoxy) is 1. The summed E-state index contributed by atoms with van der Waals surface area (Å²) < 4.78 is 19.0. The molecule has 18 heavy (non-hydrogen) atoms. The zero-order chi connectivity index (χ0) is 13.0. The van der Waals surface area contributed by atoms with E-state index >= 15 is 0 Å². The summed E-state index contributed by atoms with van der Waals surface area (Å²) in [4.78, 5) is 1.86. The van der Waals surface area contributed by atoms with Crippen LogP contribution in [0.1, 0.15) is 18.4 Å². The van der Waals surface area contributed by atoms with Crippen molar-refractivity contribution in [3.05, 3.63) is 29.6 Å². The van der Waals surface area contributed by atoms with Gasteiger partial charge in [-0.2, -0.15) is 5.26 Å². The lowest BCUT2D eigenvalue weighted by atomic mass is 10.1. The number of rotatable bonds is 6. The minimum absolute atomic E-state index is 0.0993. The van der Waals surface area contributed by atoms with Crippen LogP contribution in [-0.4, -0.2) is 26.8 Å². The summed E-state index contributed by atoms with van der Waals surface area (Å²) in [5.74, 6) is 0.278. The van der Waals surface area contributed by atoms with E-state index in [2.05, 4.69) is 0 Å². The average Bonchev–Trinajstić information content (AvgIpc) is 3.18. The minimum Gasteiger partial charge on any atom is -0.379 e. The Balaban J connectivity index is 1.89. The van der Waals surface area contributed by atoms with Gasteiger partial charge in [-0.25, -0.2) is 4.39 Å². The number of nitriles is 1. The van der Waals surface area contributed by atoms with E-state index in [9.17, 15) is 4.39 Å². The molecule has 0 aromatic heterocycles. The third-order valence-electron chi connectivity index (χ3n) is 3.14. The fraction of sp³-hybridized carbons (Fsp3) is 0.500. The molecule has 1 aromatic carbocycles. The molecule has 1 aliphatic carbocycles. The Hall–Kier alpha value is -1.60. The molecule has 0 aliphatic heterocycles. The largest absolute Gasteiger partial charge is 0.379 e.